The van der Waals surface area contributed by atoms with Crippen LogP contribution in [0.4, 0.5) is 0 Å². The summed E-state index contributed by atoms with van der Waals surface area (Å²) in [5, 5.41) is 2.03. The maximum atomic E-state index is 13.8. The quantitative estimate of drug-likeness (QED) is 0.563. The molecule has 6 nitrogen and oxygen atoms in total. The first-order chi connectivity index (χ1) is 15.1. The molecule has 0 unspecified atom stereocenters. The zero-order valence-electron chi connectivity index (χ0n) is 18.0. The number of fused-ring (bicyclic) bond motifs is 1. The van der Waals surface area contributed by atoms with Crippen molar-refractivity contribution < 1.29 is 23.7 Å². The number of para-hydroxylation sites is 1. The first kappa shape index (κ1) is 21.1. The molecule has 7 heteroatoms. The lowest BCUT2D eigenvalue weighted by Crippen LogP contribution is -2.40. The van der Waals surface area contributed by atoms with Gasteiger partial charge in [-0.2, -0.15) is 0 Å². The van der Waals surface area contributed by atoms with Crippen LogP contribution in [0.2, 0.25) is 0 Å². The number of methoxy groups -OCH3 is 4. The number of thiophene rings is 1. The van der Waals surface area contributed by atoms with Crippen LogP contribution in [-0.4, -0.2) is 45.8 Å². The highest BCUT2D eigenvalue weighted by atomic mass is 32.1. The molecule has 0 bridgehead atoms. The third kappa shape index (κ3) is 3.70. The van der Waals surface area contributed by atoms with Gasteiger partial charge in [0.15, 0.2) is 23.0 Å². The molecule has 31 heavy (non-hydrogen) atoms. The number of hydrogen-bond donors (Lipinski definition) is 0. The molecule has 1 atom stereocenters. The Morgan fingerprint density at radius 3 is 2.32 bits per heavy atom. The molecule has 0 fully saturated rings. The molecule has 0 N–H and O–H groups in total. The summed E-state index contributed by atoms with van der Waals surface area (Å²) in [6.07, 6.45) is 0.718. The Morgan fingerprint density at radius 1 is 0.935 bits per heavy atom. The van der Waals surface area contributed by atoms with Gasteiger partial charge >= 0.3 is 0 Å². The van der Waals surface area contributed by atoms with Crippen molar-refractivity contribution in [2.45, 2.75) is 12.5 Å². The van der Waals surface area contributed by atoms with E-state index in [0.717, 1.165) is 22.4 Å². The predicted molar refractivity (Wildman–Crippen MR) is 120 cm³/mol. The van der Waals surface area contributed by atoms with E-state index in [2.05, 4.69) is 6.07 Å². The van der Waals surface area contributed by atoms with Crippen molar-refractivity contribution in [2.24, 2.45) is 0 Å². The highest BCUT2D eigenvalue weighted by Gasteiger charge is 2.35. The van der Waals surface area contributed by atoms with Crippen molar-refractivity contribution in [3.8, 4) is 23.0 Å². The monoisotopic (exact) mass is 439 g/mol. The number of nitrogens with zero attached hydrogens (tertiary/aromatic N) is 1. The Kier molecular flexibility index (Phi) is 6.04. The largest absolute Gasteiger partial charge is 0.493 e. The standard InChI is InChI=1S/C24H25NO5S/c1-27-18-8-5-7-16(23(18)30-4)24(26)25-11-10-15-13-19(28-2)20(29-3)14-17(15)22(25)21-9-6-12-31-21/h5-9,12-14,22H,10-11H2,1-4H3/t22-/m1/s1. The Morgan fingerprint density at radius 2 is 1.68 bits per heavy atom. The van der Waals surface area contributed by atoms with Crippen LogP contribution in [0.15, 0.2) is 47.8 Å². The van der Waals surface area contributed by atoms with Gasteiger partial charge in [0.25, 0.3) is 5.91 Å². The highest BCUT2D eigenvalue weighted by molar-refractivity contribution is 7.10. The van der Waals surface area contributed by atoms with Crippen molar-refractivity contribution in [3.05, 3.63) is 69.4 Å². The maximum absolute atomic E-state index is 13.8. The molecule has 1 aliphatic heterocycles. The van der Waals surface area contributed by atoms with Gasteiger partial charge in [0.1, 0.15) is 0 Å². The van der Waals surface area contributed by atoms with Gasteiger partial charge < -0.3 is 23.8 Å². The average molecular weight is 440 g/mol. The minimum absolute atomic E-state index is 0.102. The third-order valence-corrected chi connectivity index (χ3v) is 6.51. The zero-order valence-corrected chi connectivity index (χ0v) is 18.8. The van der Waals surface area contributed by atoms with Crippen LogP contribution in [0.25, 0.3) is 0 Å². The smallest absolute Gasteiger partial charge is 0.258 e. The molecule has 0 radical (unpaired) electrons. The molecule has 1 aromatic heterocycles. The number of carbonyl (C=O) groups excluding carboxylic acids is 1. The molecule has 1 amide bonds. The molecule has 3 aromatic rings. The second kappa shape index (κ2) is 8.89. The van der Waals surface area contributed by atoms with Gasteiger partial charge in [-0.15, -0.1) is 11.3 Å². The van der Waals surface area contributed by atoms with Crippen LogP contribution in [0.1, 0.15) is 32.4 Å². The van der Waals surface area contributed by atoms with Crippen LogP contribution >= 0.6 is 11.3 Å². The molecule has 162 valence electrons. The fraction of sp³-hybridized carbons (Fsp3) is 0.292. The van der Waals surface area contributed by atoms with Crippen LogP contribution in [0, 0.1) is 0 Å². The molecular formula is C24H25NO5S. The summed E-state index contributed by atoms with van der Waals surface area (Å²) < 4.78 is 22.0. The normalized spacial score (nSPS) is 15.2. The Labute approximate surface area is 185 Å². The average Bonchev–Trinajstić information content (AvgIpc) is 3.35. The van der Waals surface area contributed by atoms with Gasteiger partial charge in [0.2, 0.25) is 0 Å². The molecule has 1 aliphatic rings. The molecular weight excluding hydrogens is 414 g/mol. The van der Waals surface area contributed by atoms with E-state index in [9.17, 15) is 4.79 Å². The summed E-state index contributed by atoms with van der Waals surface area (Å²) in [7, 11) is 6.37. The molecule has 0 spiro atoms. The Balaban J connectivity index is 1.84. The van der Waals surface area contributed by atoms with Crippen molar-refractivity contribution in [3.63, 3.8) is 0 Å². The lowest BCUT2D eigenvalue weighted by molar-refractivity contribution is 0.0692. The number of ether oxygens (including phenoxy) is 4. The number of rotatable bonds is 6. The molecule has 0 saturated carbocycles. The van der Waals surface area contributed by atoms with E-state index < -0.39 is 0 Å². The van der Waals surface area contributed by atoms with E-state index in [0.29, 0.717) is 35.1 Å². The van der Waals surface area contributed by atoms with E-state index >= 15 is 0 Å². The predicted octanol–water partition coefficient (Wildman–Crippen LogP) is 4.57. The summed E-state index contributed by atoms with van der Waals surface area (Å²) in [6.45, 7) is 0.574. The second-order valence-corrected chi connectivity index (χ2v) is 8.09. The van der Waals surface area contributed by atoms with E-state index in [1.807, 2.05) is 28.5 Å². The van der Waals surface area contributed by atoms with Crippen LogP contribution in [0.3, 0.4) is 0 Å². The first-order valence-corrected chi connectivity index (χ1v) is 10.8. The van der Waals surface area contributed by atoms with Gasteiger partial charge in [0, 0.05) is 11.4 Å². The molecule has 2 heterocycles. The third-order valence-electron chi connectivity index (χ3n) is 5.58. The van der Waals surface area contributed by atoms with E-state index in [1.54, 1.807) is 58.0 Å². The summed E-state index contributed by atoms with van der Waals surface area (Å²) in [6, 6.07) is 13.2. The van der Waals surface area contributed by atoms with Crippen LogP contribution in [0.5, 0.6) is 23.0 Å². The minimum atomic E-state index is -0.230. The van der Waals surface area contributed by atoms with Gasteiger partial charge in [-0.1, -0.05) is 12.1 Å². The summed E-state index contributed by atoms with van der Waals surface area (Å²) >= 11 is 1.63. The lowest BCUT2D eigenvalue weighted by atomic mass is 9.90. The van der Waals surface area contributed by atoms with Crippen molar-refractivity contribution in [2.75, 3.05) is 35.0 Å². The Bertz CT molecular complexity index is 1080. The van der Waals surface area contributed by atoms with Crippen LogP contribution in [-0.2, 0) is 6.42 Å². The van der Waals surface area contributed by atoms with Gasteiger partial charge in [-0.25, -0.2) is 0 Å². The fourth-order valence-corrected chi connectivity index (χ4v) is 4.98. The summed E-state index contributed by atoms with van der Waals surface area (Å²) in [5.74, 6) is 2.22. The minimum Gasteiger partial charge on any atom is -0.493 e. The van der Waals surface area contributed by atoms with E-state index in [-0.39, 0.29) is 11.9 Å². The number of hydrogen-bond acceptors (Lipinski definition) is 6. The fourth-order valence-electron chi connectivity index (χ4n) is 4.13. The SMILES string of the molecule is COc1cc2c(cc1OC)[C@H](c1cccs1)N(C(=O)c1cccc(OC)c1OC)CC2. The highest BCUT2D eigenvalue weighted by Crippen LogP contribution is 2.43. The summed E-state index contributed by atoms with van der Waals surface area (Å²) in [4.78, 5) is 16.8. The van der Waals surface area contributed by atoms with Gasteiger partial charge in [-0.05, 0) is 53.3 Å². The number of carbonyl (C=O) groups is 1. The first-order valence-electron chi connectivity index (χ1n) is 9.93. The lowest BCUT2D eigenvalue weighted by Gasteiger charge is -2.37. The maximum Gasteiger partial charge on any atom is 0.258 e. The van der Waals surface area contributed by atoms with Crippen LogP contribution < -0.4 is 18.9 Å². The molecule has 4 rings (SSSR count). The van der Waals surface area contributed by atoms with Gasteiger partial charge in [-0.3, -0.25) is 4.79 Å². The molecule has 2 aromatic carbocycles. The summed E-state index contributed by atoms with van der Waals surface area (Å²) in [5.41, 5.74) is 2.67. The molecule has 0 saturated heterocycles. The van der Waals surface area contributed by atoms with Crippen molar-refractivity contribution in [1.29, 1.82) is 0 Å². The van der Waals surface area contributed by atoms with Crippen molar-refractivity contribution >= 4 is 17.2 Å². The van der Waals surface area contributed by atoms with Gasteiger partial charge in [0.05, 0.1) is 40.0 Å². The Hall–Kier alpha value is -3.19. The molecule has 0 aliphatic carbocycles. The zero-order chi connectivity index (χ0) is 22.0. The van der Waals surface area contributed by atoms with E-state index in [1.165, 1.54) is 0 Å². The van der Waals surface area contributed by atoms with E-state index in [4.69, 9.17) is 18.9 Å². The number of amides is 1. The second-order valence-electron chi connectivity index (χ2n) is 7.11. The van der Waals surface area contributed by atoms with Crippen molar-refractivity contribution in [1.82, 2.24) is 4.90 Å². The topological polar surface area (TPSA) is 57.2 Å². The number of benzene rings is 2.